The van der Waals surface area contributed by atoms with E-state index in [-0.39, 0.29) is 53.8 Å². The highest BCUT2D eigenvalue weighted by atomic mass is 32.2. The summed E-state index contributed by atoms with van der Waals surface area (Å²) in [7, 11) is 1.06. The van der Waals surface area contributed by atoms with E-state index in [1.54, 1.807) is 74.6 Å². The summed E-state index contributed by atoms with van der Waals surface area (Å²) in [6.45, 7) is 3.64. The number of carbonyl (C=O) groups is 2. The Kier molecular flexibility index (Phi) is 9.11. The highest BCUT2D eigenvalue weighted by Crippen LogP contribution is 2.31. The summed E-state index contributed by atoms with van der Waals surface area (Å²) < 4.78 is 34.0. The zero-order valence-corrected chi connectivity index (χ0v) is 24.7. The molecule has 2 aromatic carbocycles. The first-order chi connectivity index (χ1) is 19.4. The maximum absolute atomic E-state index is 13.8. The Balaban J connectivity index is 1.73. The van der Waals surface area contributed by atoms with Crippen molar-refractivity contribution in [2.45, 2.75) is 30.9 Å². The Morgan fingerprint density at radius 1 is 1.10 bits per heavy atom. The van der Waals surface area contributed by atoms with Crippen LogP contribution in [-0.2, 0) is 10.0 Å². The zero-order valence-electron chi connectivity index (χ0n) is 23.9. The molecule has 0 aliphatic carbocycles. The molecule has 0 fully saturated rings. The number of nitrogens with zero attached hydrogens (tertiary/aromatic N) is 4. The fourth-order valence-electron chi connectivity index (χ4n) is 4.69. The van der Waals surface area contributed by atoms with E-state index in [1.165, 1.54) is 28.4 Å². The smallest absolute Gasteiger partial charge is 0.259 e. The van der Waals surface area contributed by atoms with Gasteiger partial charge in [-0.25, -0.2) is 13.4 Å². The fourth-order valence-corrected chi connectivity index (χ4v) is 5.90. The second kappa shape index (κ2) is 12.4. The quantitative estimate of drug-likeness (QED) is 0.435. The first-order valence-corrected chi connectivity index (χ1v) is 14.8. The largest absolute Gasteiger partial charge is 0.472 e. The molecule has 1 aliphatic rings. The molecule has 4 rings (SSSR count). The number of rotatable bonds is 8. The third-order valence-electron chi connectivity index (χ3n) is 7.26. The number of aliphatic hydroxyl groups is 1. The number of fused-ring (bicyclic) bond motifs is 1. The minimum atomic E-state index is -3.78. The van der Waals surface area contributed by atoms with Crippen molar-refractivity contribution >= 4 is 21.8 Å². The summed E-state index contributed by atoms with van der Waals surface area (Å²) in [4.78, 5) is 34.0. The van der Waals surface area contributed by atoms with Crippen LogP contribution in [0.2, 0.25) is 0 Å². The number of hydrogen-bond donors (Lipinski definition) is 1. The number of benzene rings is 2. The first-order valence-electron chi connectivity index (χ1n) is 13.4. The molecule has 10 nitrogen and oxygen atoms in total. The number of ether oxygens (including phenoxy) is 1. The highest BCUT2D eigenvalue weighted by molar-refractivity contribution is 7.89. The van der Waals surface area contributed by atoms with Gasteiger partial charge in [-0.15, -0.1) is 0 Å². The van der Waals surface area contributed by atoms with Crippen molar-refractivity contribution in [3.05, 3.63) is 78.0 Å². The Morgan fingerprint density at radius 2 is 1.80 bits per heavy atom. The zero-order chi connectivity index (χ0) is 29.9. The van der Waals surface area contributed by atoms with Crippen LogP contribution in [0, 0.1) is 5.92 Å². The van der Waals surface area contributed by atoms with Crippen molar-refractivity contribution in [3.63, 3.8) is 0 Å². The van der Waals surface area contributed by atoms with Gasteiger partial charge in [0.2, 0.25) is 15.9 Å². The molecule has 0 radical (unpaired) electrons. The number of pyridine rings is 1. The molecule has 2 heterocycles. The van der Waals surface area contributed by atoms with Crippen LogP contribution in [0.4, 0.5) is 0 Å². The standard InChI is InChI=1S/C30H36N4O6S/c1-20-17-34(21(2)19-35)30(37)26-15-24(22-10-9-11-23(14-22)29(36)32(3)4)16-31-28(26)40-27(20)18-33(5)41(38,39)25-12-7-6-8-13-25/h6-16,20-21,27,35H,17-19H2,1-5H3/t20-,21-,27+/m1/s1. The lowest BCUT2D eigenvalue weighted by Gasteiger charge is -2.37. The number of aromatic nitrogens is 1. The maximum Gasteiger partial charge on any atom is 0.259 e. The fraction of sp³-hybridized carbons (Fsp3) is 0.367. The van der Waals surface area contributed by atoms with Gasteiger partial charge in [-0.1, -0.05) is 37.3 Å². The average molecular weight is 581 g/mol. The summed E-state index contributed by atoms with van der Waals surface area (Å²) in [6.07, 6.45) is 0.928. The van der Waals surface area contributed by atoms with Gasteiger partial charge in [-0.05, 0) is 42.8 Å². The van der Waals surface area contributed by atoms with E-state index in [4.69, 9.17) is 4.74 Å². The van der Waals surface area contributed by atoms with Crippen molar-refractivity contribution < 1.29 is 27.9 Å². The second-order valence-corrected chi connectivity index (χ2v) is 12.6. The van der Waals surface area contributed by atoms with Gasteiger partial charge in [0.05, 0.1) is 24.1 Å². The Labute approximate surface area is 241 Å². The van der Waals surface area contributed by atoms with Crippen LogP contribution < -0.4 is 4.74 Å². The molecule has 0 saturated heterocycles. The lowest BCUT2D eigenvalue weighted by molar-refractivity contribution is 0.0373. The number of sulfonamides is 1. The van der Waals surface area contributed by atoms with Crippen LogP contribution in [0.25, 0.3) is 11.1 Å². The number of carbonyl (C=O) groups excluding carboxylic acids is 2. The molecule has 1 aromatic heterocycles. The number of hydrogen-bond acceptors (Lipinski definition) is 7. The molecule has 41 heavy (non-hydrogen) atoms. The molecule has 11 heteroatoms. The van der Waals surface area contributed by atoms with Crippen LogP contribution >= 0.6 is 0 Å². The lowest BCUT2D eigenvalue weighted by atomic mass is 9.99. The van der Waals surface area contributed by atoms with E-state index in [1.807, 2.05) is 13.0 Å². The van der Waals surface area contributed by atoms with Crippen LogP contribution in [0.3, 0.4) is 0 Å². The van der Waals surface area contributed by atoms with Crippen LogP contribution in [0.15, 0.2) is 71.8 Å². The first kappa shape index (κ1) is 30.2. The molecule has 0 bridgehead atoms. The predicted molar refractivity (Wildman–Crippen MR) is 155 cm³/mol. The lowest BCUT2D eigenvalue weighted by Crippen LogP contribution is -2.50. The predicted octanol–water partition coefficient (Wildman–Crippen LogP) is 2.99. The van der Waals surface area contributed by atoms with E-state index in [2.05, 4.69) is 4.98 Å². The Hall–Kier alpha value is -3.80. The molecule has 218 valence electrons. The van der Waals surface area contributed by atoms with Crippen molar-refractivity contribution in [1.29, 1.82) is 0 Å². The van der Waals surface area contributed by atoms with Crippen LogP contribution in [0.5, 0.6) is 5.88 Å². The molecule has 3 atom stereocenters. The minimum absolute atomic E-state index is 0.0193. The normalized spacial score (nSPS) is 18.2. The van der Waals surface area contributed by atoms with E-state index in [9.17, 15) is 23.1 Å². The summed E-state index contributed by atoms with van der Waals surface area (Å²) in [5.41, 5.74) is 1.99. The van der Waals surface area contributed by atoms with Gasteiger partial charge < -0.3 is 19.6 Å². The second-order valence-electron chi connectivity index (χ2n) is 10.6. The molecule has 0 saturated carbocycles. The van der Waals surface area contributed by atoms with Gasteiger partial charge in [0.15, 0.2) is 0 Å². The van der Waals surface area contributed by atoms with Gasteiger partial charge in [0, 0.05) is 50.9 Å². The number of amides is 2. The van der Waals surface area contributed by atoms with E-state index >= 15 is 0 Å². The van der Waals surface area contributed by atoms with Crippen molar-refractivity contribution in [3.8, 4) is 17.0 Å². The van der Waals surface area contributed by atoms with Crippen molar-refractivity contribution in [1.82, 2.24) is 19.1 Å². The van der Waals surface area contributed by atoms with Gasteiger partial charge in [0.1, 0.15) is 11.7 Å². The topological polar surface area (TPSA) is 120 Å². The van der Waals surface area contributed by atoms with E-state index in [0.717, 1.165) is 0 Å². The van der Waals surface area contributed by atoms with Crippen LogP contribution in [-0.4, -0.2) is 97.4 Å². The maximum atomic E-state index is 13.8. The van der Waals surface area contributed by atoms with E-state index in [0.29, 0.717) is 16.7 Å². The Bertz CT molecular complexity index is 1510. The average Bonchev–Trinajstić information content (AvgIpc) is 2.98. The molecular weight excluding hydrogens is 544 g/mol. The van der Waals surface area contributed by atoms with Gasteiger partial charge in [-0.3, -0.25) is 9.59 Å². The molecule has 0 spiro atoms. The van der Waals surface area contributed by atoms with Crippen molar-refractivity contribution in [2.75, 3.05) is 40.8 Å². The summed E-state index contributed by atoms with van der Waals surface area (Å²) in [5.74, 6) is -0.715. The molecule has 1 aliphatic heterocycles. The third kappa shape index (κ3) is 6.42. The molecule has 0 unspecified atom stereocenters. The van der Waals surface area contributed by atoms with Crippen molar-refractivity contribution in [2.24, 2.45) is 5.92 Å². The SMILES string of the molecule is C[C@@H]1CN([C@H](C)CO)C(=O)c2cc(-c3cccc(C(=O)N(C)C)c3)cnc2O[C@H]1CN(C)S(=O)(=O)c1ccccc1. The van der Waals surface area contributed by atoms with Gasteiger partial charge >= 0.3 is 0 Å². The van der Waals surface area contributed by atoms with Gasteiger partial charge in [-0.2, -0.15) is 4.31 Å². The number of likely N-dealkylation sites (N-methyl/N-ethyl adjacent to an activating group) is 1. The molecule has 3 aromatic rings. The minimum Gasteiger partial charge on any atom is -0.472 e. The van der Waals surface area contributed by atoms with Crippen LogP contribution in [0.1, 0.15) is 34.6 Å². The molecule has 1 N–H and O–H groups in total. The number of aliphatic hydroxyl groups excluding tert-OH is 1. The molecular formula is C30H36N4O6S. The highest BCUT2D eigenvalue weighted by Gasteiger charge is 2.36. The summed E-state index contributed by atoms with van der Waals surface area (Å²) >= 11 is 0. The molecule has 2 amide bonds. The third-order valence-corrected chi connectivity index (χ3v) is 9.10. The van der Waals surface area contributed by atoms with Gasteiger partial charge in [0.25, 0.3) is 11.8 Å². The van der Waals surface area contributed by atoms with E-state index < -0.39 is 22.2 Å². The summed E-state index contributed by atoms with van der Waals surface area (Å²) in [5, 5.41) is 9.94. The summed E-state index contributed by atoms with van der Waals surface area (Å²) in [6, 6.07) is 16.4. The monoisotopic (exact) mass is 580 g/mol. The Morgan fingerprint density at radius 3 is 2.46 bits per heavy atom.